The van der Waals surface area contributed by atoms with Crippen LogP contribution in [0.15, 0.2) is 24.3 Å². The molecule has 2 rings (SSSR count). The smallest absolute Gasteiger partial charge is 0.266 e. The molecule has 1 aromatic rings. The summed E-state index contributed by atoms with van der Waals surface area (Å²) in [5, 5.41) is 0. The summed E-state index contributed by atoms with van der Waals surface area (Å²) in [6, 6.07) is 5.61. The molecule has 0 atom stereocenters. The molecule has 0 spiro atoms. The van der Waals surface area contributed by atoms with E-state index >= 15 is 0 Å². The summed E-state index contributed by atoms with van der Waals surface area (Å²) in [7, 11) is 3.50. The normalized spacial score (nSPS) is 16.0. The molecule has 0 unspecified atom stereocenters. The minimum Gasteiger partial charge on any atom is -0.478 e. The van der Waals surface area contributed by atoms with Crippen molar-refractivity contribution in [3.8, 4) is 5.75 Å². The van der Waals surface area contributed by atoms with Gasteiger partial charge >= 0.3 is 0 Å². The average molecular weight is 336 g/mol. The number of ether oxygens (including phenoxy) is 1. The number of hydrogen-bond acceptors (Lipinski definition) is 3. The van der Waals surface area contributed by atoms with E-state index in [9.17, 15) is 14.0 Å². The van der Waals surface area contributed by atoms with Crippen LogP contribution in [-0.4, -0.2) is 54.4 Å². The Kier molecular flexibility index (Phi) is 5.47. The Labute approximate surface area is 142 Å². The number of carbonyl (C=O) groups excluding carboxylic acids is 2. The molecule has 5 nitrogen and oxygen atoms in total. The Hall–Kier alpha value is -2.11. The third-order valence-corrected chi connectivity index (χ3v) is 4.27. The summed E-state index contributed by atoms with van der Waals surface area (Å²) < 4.78 is 18.7. The monoisotopic (exact) mass is 336 g/mol. The zero-order valence-electron chi connectivity index (χ0n) is 14.7. The zero-order chi connectivity index (χ0) is 17.9. The van der Waals surface area contributed by atoms with Crippen LogP contribution in [0, 0.1) is 11.7 Å². The molecule has 1 heterocycles. The summed E-state index contributed by atoms with van der Waals surface area (Å²) in [6.45, 7) is 4.49. The molecule has 0 aliphatic carbocycles. The Morgan fingerprint density at radius 2 is 1.71 bits per heavy atom. The lowest BCUT2D eigenvalue weighted by molar-refractivity contribution is -0.149. The maximum atomic E-state index is 13.0. The van der Waals surface area contributed by atoms with Crippen molar-refractivity contribution in [3.63, 3.8) is 0 Å². The van der Waals surface area contributed by atoms with Crippen LogP contribution in [0.5, 0.6) is 5.75 Å². The zero-order valence-corrected chi connectivity index (χ0v) is 14.7. The minimum atomic E-state index is -1.05. The number of hydrogen-bond donors (Lipinski definition) is 0. The number of benzene rings is 1. The van der Waals surface area contributed by atoms with Gasteiger partial charge in [0.2, 0.25) is 5.91 Å². The second-order valence-electron chi connectivity index (χ2n) is 6.87. The van der Waals surface area contributed by atoms with Crippen molar-refractivity contribution in [2.24, 2.45) is 5.92 Å². The molecule has 0 saturated carbocycles. The third-order valence-electron chi connectivity index (χ3n) is 4.27. The number of rotatable bonds is 4. The van der Waals surface area contributed by atoms with Crippen molar-refractivity contribution in [2.75, 3.05) is 27.2 Å². The fourth-order valence-electron chi connectivity index (χ4n) is 2.92. The highest BCUT2D eigenvalue weighted by Gasteiger charge is 2.37. The van der Waals surface area contributed by atoms with Gasteiger partial charge in [-0.3, -0.25) is 9.59 Å². The Morgan fingerprint density at radius 1 is 1.17 bits per heavy atom. The molecule has 0 bridgehead atoms. The summed E-state index contributed by atoms with van der Waals surface area (Å²) in [5.74, 6) is 0.0724. The standard InChI is InChI=1S/C18H25FN2O3/c1-18(2,24-15-7-5-14(19)6-8-15)17(23)21-11-9-13(10-12-21)16(22)20(3)4/h5-8,13H,9-12H2,1-4H3. The molecule has 0 radical (unpaired) electrons. The molecule has 1 aromatic carbocycles. The van der Waals surface area contributed by atoms with Gasteiger partial charge in [0.1, 0.15) is 11.6 Å². The molecule has 0 aromatic heterocycles. The SMILES string of the molecule is CN(C)C(=O)C1CCN(C(=O)C(C)(C)Oc2ccc(F)cc2)CC1. The van der Waals surface area contributed by atoms with Crippen molar-refractivity contribution in [1.29, 1.82) is 0 Å². The molecule has 6 heteroatoms. The second kappa shape index (κ2) is 7.20. The van der Waals surface area contributed by atoms with E-state index in [2.05, 4.69) is 0 Å². The van der Waals surface area contributed by atoms with Gasteiger partial charge in [0.05, 0.1) is 0 Å². The number of carbonyl (C=O) groups is 2. The first kappa shape index (κ1) is 18.2. The van der Waals surface area contributed by atoms with Gasteiger partial charge in [-0.15, -0.1) is 0 Å². The van der Waals surface area contributed by atoms with Crippen LogP contribution in [0.1, 0.15) is 26.7 Å². The Morgan fingerprint density at radius 3 is 2.21 bits per heavy atom. The van der Waals surface area contributed by atoms with E-state index in [4.69, 9.17) is 4.74 Å². The molecule has 1 aliphatic rings. The van der Waals surface area contributed by atoms with Crippen LogP contribution in [0.25, 0.3) is 0 Å². The van der Waals surface area contributed by atoms with Crippen LogP contribution < -0.4 is 4.74 Å². The molecule has 1 saturated heterocycles. The molecule has 2 amide bonds. The van der Waals surface area contributed by atoms with Crippen molar-refractivity contribution in [3.05, 3.63) is 30.1 Å². The van der Waals surface area contributed by atoms with E-state index in [1.807, 2.05) is 0 Å². The quantitative estimate of drug-likeness (QED) is 0.848. The maximum Gasteiger partial charge on any atom is 0.266 e. The predicted molar refractivity (Wildman–Crippen MR) is 89.1 cm³/mol. The number of likely N-dealkylation sites (tertiary alicyclic amines) is 1. The van der Waals surface area contributed by atoms with Crippen molar-refractivity contribution < 1.29 is 18.7 Å². The lowest BCUT2D eigenvalue weighted by Crippen LogP contribution is -2.52. The molecule has 1 aliphatic heterocycles. The molecule has 0 N–H and O–H groups in total. The van der Waals surface area contributed by atoms with Crippen LogP contribution in [0.4, 0.5) is 4.39 Å². The number of amides is 2. The number of piperidine rings is 1. The van der Waals surface area contributed by atoms with Crippen LogP contribution >= 0.6 is 0 Å². The van der Waals surface area contributed by atoms with Gasteiger partial charge in [0.15, 0.2) is 5.60 Å². The highest BCUT2D eigenvalue weighted by Crippen LogP contribution is 2.24. The fraction of sp³-hybridized carbons (Fsp3) is 0.556. The van der Waals surface area contributed by atoms with Crippen LogP contribution in [0.2, 0.25) is 0 Å². The maximum absolute atomic E-state index is 13.0. The highest BCUT2D eigenvalue weighted by molar-refractivity contribution is 5.85. The largest absolute Gasteiger partial charge is 0.478 e. The van der Waals surface area contributed by atoms with E-state index in [1.165, 1.54) is 24.3 Å². The second-order valence-corrected chi connectivity index (χ2v) is 6.87. The van der Waals surface area contributed by atoms with E-state index in [0.717, 1.165) is 0 Å². The van der Waals surface area contributed by atoms with E-state index in [0.29, 0.717) is 31.7 Å². The van der Waals surface area contributed by atoms with Gasteiger partial charge in [-0.2, -0.15) is 0 Å². The first-order valence-electron chi connectivity index (χ1n) is 8.16. The van der Waals surface area contributed by atoms with Crippen molar-refractivity contribution in [2.45, 2.75) is 32.3 Å². The number of halogens is 1. The van der Waals surface area contributed by atoms with Crippen LogP contribution in [-0.2, 0) is 9.59 Å². The summed E-state index contributed by atoms with van der Waals surface area (Å²) >= 11 is 0. The topological polar surface area (TPSA) is 49.9 Å². The lowest BCUT2D eigenvalue weighted by Gasteiger charge is -2.37. The van der Waals surface area contributed by atoms with E-state index in [-0.39, 0.29) is 23.5 Å². The predicted octanol–water partition coefficient (Wildman–Crippen LogP) is 2.31. The van der Waals surface area contributed by atoms with Gasteiger partial charge < -0.3 is 14.5 Å². The first-order valence-corrected chi connectivity index (χ1v) is 8.16. The minimum absolute atomic E-state index is 0.0230. The van der Waals surface area contributed by atoms with Crippen LogP contribution in [0.3, 0.4) is 0 Å². The highest BCUT2D eigenvalue weighted by atomic mass is 19.1. The van der Waals surface area contributed by atoms with Gasteiger partial charge in [-0.25, -0.2) is 4.39 Å². The fourth-order valence-corrected chi connectivity index (χ4v) is 2.92. The summed E-state index contributed by atoms with van der Waals surface area (Å²) in [4.78, 5) is 28.1. The van der Waals surface area contributed by atoms with E-state index < -0.39 is 5.60 Å². The van der Waals surface area contributed by atoms with Crippen molar-refractivity contribution in [1.82, 2.24) is 9.80 Å². The molecular formula is C18H25FN2O3. The molecule has 1 fully saturated rings. The van der Waals surface area contributed by atoms with Gasteiger partial charge in [0, 0.05) is 33.1 Å². The van der Waals surface area contributed by atoms with Gasteiger partial charge in [0.25, 0.3) is 5.91 Å². The average Bonchev–Trinajstić information content (AvgIpc) is 2.55. The summed E-state index contributed by atoms with van der Waals surface area (Å²) in [5.41, 5.74) is -1.05. The lowest BCUT2D eigenvalue weighted by atomic mass is 9.94. The molecule has 132 valence electrons. The molecule has 24 heavy (non-hydrogen) atoms. The molecular weight excluding hydrogens is 311 g/mol. The Balaban J connectivity index is 1.95. The van der Waals surface area contributed by atoms with Gasteiger partial charge in [-0.05, 0) is 51.0 Å². The van der Waals surface area contributed by atoms with Gasteiger partial charge in [-0.1, -0.05) is 0 Å². The number of nitrogens with zero attached hydrogens (tertiary/aromatic N) is 2. The first-order chi connectivity index (χ1) is 11.2. The summed E-state index contributed by atoms with van der Waals surface area (Å²) in [6.07, 6.45) is 1.32. The Bertz CT molecular complexity index is 591. The van der Waals surface area contributed by atoms with Crippen molar-refractivity contribution >= 4 is 11.8 Å². The third kappa shape index (κ3) is 4.24. The van der Waals surface area contributed by atoms with E-state index in [1.54, 1.807) is 37.7 Å².